The summed E-state index contributed by atoms with van der Waals surface area (Å²) in [6.07, 6.45) is 10.3. The Morgan fingerprint density at radius 2 is 1.94 bits per heavy atom. The van der Waals surface area contributed by atoms with Gasteiger partial charge < -0.3 is 0 Å². The van der Waals surface area contributed by atoms with Gasteiger partial charge in [-0.15, -0.1) is 0 Å². The molecule has 0 aromatic heterocycles. The third-order valence-electron chi connectivity index (χ3n) is 2.87. The molecule has 0 unspecified atom stereocenters. The number of allylic oxidation sites excluding steroid dienone is 2. The number of unbranched alkanes of at least 4 members (excludes halogenated alkanes) is 2. The van der Waals surface area contributed by atoms with Gasteiger partial charge in [-0.3, -0.25) is 4.99 Å². The second-order valence-corrected chi connectivity index (χ2v) is 4.25. The zero-order chi connectivity index (χ0) is 12.3. The molecule has 0 heterocycles. The second kappa shape index (κ2) is 8.74. The lowest BCUT2D eigenvalue weighted by Gasteiger charge is -2.00. The summed E-state index contributed by atoms with van der Waals surface area (Å²) in [6.45, 7) is 2.18. The lowest BCUT2D eigenvalue weighted by Crippen LogP contribution is -1.86. The van der Waals surface area contributed by atoms with Gasteiger partial charge in [-0.25, -0.2) is 0 Å². The molecule has 0 saturated carbocycles. The molecule has 92 valence electrons. The van der Waals surface area contributed by atoms with Gasteiger partial charge in [0.2, 0.25) is 0 Å². The first-order valence-corrected chi connectivity index (χ1v) is 6.52. The summed E-state index contributed by atoms with van der Waals surface area (Å²) < 4.78 is 0. The second-order valence-electron chi connectivity index (χ2n) is 4.25. The maximum Gasteiger partial charge on any atom is 0.0277 e. The van der Waals surface area contributed by atoms with E-state index in [2.05, 4.69) is 48.3 Å². The van der Waals surface area contributed by atoms with E-state index in [1.807, 2.05) is 13.3 Å². The minimum Gasteiger partial charge on any atom is -0.296 e. The summed E-state index contributed by atoms with van der Waals surface area (Å²) in [5, 5.41) is 0. The summed E-state index contributed by atoms with van der Waals surface area (Å²) in [5.41, 5.74) is 2.80. The van der Waals surface area contributed by atoms with Gasteiger partial charge in [0.05, 0.1) is 0 Å². The van der Waals surface area contributed by atoms with Crippen LogP contribution in [-0.2, 0) is 6.42 Å². The number of aryl methyl sites for hydroxylation is 1. The highest BCUT2D eigenvalue weighted by atomic mass is 14.6. The first-order valence-electron chi connectivity index (χ1n) is 6.52. The molecule has 0 aliphatic rings. The van der Waals surface area contributed by atoms with Gasteiger partial charge in [0.1, 0.15) is 0 Å². The number of aliphatic imine (C=N–C) groups is 1. The van der Waals surface area contributed by atoms with Crippen molar-refractivity contribution in [1.29, 1.82) is 0 Å². The van der Waals surface area contributed by atoms with Gasteiger partial charge >= 0.3 is 0 Å². The molecule has 0 fully saturated rings. The van der Waals surface area contributed by atoms with Gasteiger partial charge in [0.15, 0.2) is 0 Å². The van der Waals surface area contributed by atoms with Crippen LogP contribution in [0.1, 0.15) is 38.2 Å². The molecule has 0 saturated heterocycles. The van der Waals surface area contributed by atoms with E-state index in [0.717, 1.165) is 6.42 Å². The Morgan fingerprint density at radius 1 is 1.18 bits per heavy atom. The number of rotatable bonds is 7. The molecule has 0 bridgehead atoms. The molecule has 0 aliphatic heterocycles. The van der Waals surface area contributed by atoms with E-state index in [1.165, 1.54) is 36.8 Å². The fraction of sp³-hybridized carbons (Fsp3) is 0.438. The van der Waals surface area contributed by atoms with Crippen LogP contribution in [0.2, 0.25) is 0 Å². The van der Waals surface area contributed by atoms with Crippen molar-refractivity contribution in [3.05, 3.63) is 47.5 Å². The normalized spacial score (nSPS) is 12.2. The van der Waals surface area contributed by atoms with Crippen LogP contribution in [0.4, 0.5) is 0 Å². The smallest absolute Gasteiger partial charge is 0.0277 e. The van der Waals surface area contributed by atoms with E-state index in [4.69, 9.17) is 0 Å². The topological polar surface area (TPSA) is 12.4 Å². The maximum absolute atomic E-state index is 4.06. The van der Waals surface area contributed by atoms with Crippen molar-refractivity contribution in [2.45, 2.75) is 39.0 Å². The molecule has 1 nitrogen and oxygen atoms in total. The van der Waals surface area contributed by atoms with E-state index in [0.29, 0.717) is 0 Å². The highest BCUT2D eigenvalue weighted by Crippen LogP contribution is 2.08. The monoisotopic (exact) mass is 229 g/mol. The molecule has 0 N–H and O–H groups in total. The first kappa shape index (κ1) is 13.7. The third kappa shape index (κ3) is 6.06. The minimum atomic E-state index is 1.08. The highest BCUT2D eigenvalue weighted by molar-refractivity contribution is 5.78. The van der Waals surface area contributed by atoms with Crippen molar-refractivity contribution >= 4 is 6.21 Å². The van der Waals surface area contributed by atoms with Crippen molar-refractivity contribution in [2.24, 2.45) is 4.99 Å². The lowest BCUT2D eigenvalue weighted by atomic mass is 10.1. The van der Waals surface area contributed by atoms with Crippen LogP contribution in [0.3, 0.4) is 0 Å². The lowest BCUT2D eigenvalue weighted by molar-refractivity contribution is 0.745. The minimum absolute atomic E-state index is 1.08. The molecule has 0 spiro atoms. The van der Waals surface area contributed by atoms with Crippen LogP contribution < -0.4 is 0 Å². The van der Waals surface area contributed by atoms with E-state index in [9.17, 15) is 0 Å². The largest absolute Gasteiger partial charge is 0.296 e. The van der Waals surface area contributed by atoms with Crippen molar-refractivity contribution < 1.29 is 0 Å². The molecule has 1 aromatic carbocycles. The van der Waals surface area contributed by atoms with Crippen LogP contribution in [0.5, 0.6) is 0 Å². The van der Waals surface area contributed by atoms with Gasteiger partial charge in [0.25, 0.3) is 0 Å². The first-order chi connectivity index (χ1) is 8.36. The van der Waals surface area contributed by atoms with Crippen molar-refractivity contribution in [3.63, 3.8) is 0 Å². The fourth-order valence-corrected chi connectivity index (χ4v) is 1.86. The molecular weight excluding hydrogens is 206 g/mol. The van der Waals surface area contributed by atoms with Crippen LogP contribution in [0.25, 0.3) is 0 Å². The summed E-state index contributed by atoms with van der Waals surface area (Å²) >= 11 is 0. The summed E-state index contributed by atoms with van der Waals surface area (Å²) in [7, 11) is 1.83. The van der Waals surface area contributed by atoms with E-state index < -0.39 is 0 Å². The Bertz CT molecular complexity index is 349. The number of nitrogens with zero attached hydrogens (tertiary/aromatic N) is 1. The quantitative estimate of drug-likeness (QED) is 0.484. The predicted octanol–water partition coefficient (Wildman–Crippen LogP) is 4.44. The number of hydrogen-bond acceptors (Lipinski definition) is 1. The molecular formula is C16H23N. The van der Waals surface area contributed by atoms with Gasteiger partial charge in [-0.05, 0) is 43.2 Å². The van der Waals surface area contributed by atoms with E-state index in [1.54, 1.807) is 0 Å². The Balaban J connectivity index is 2.20. The molecule has 1 heteroatoms. The Morgan fingerprint density at radius 3 is 2.59 bits per heavy atom. The maximum atomic E-state index is 4.06. The van der Waals surface area contributed by atoms with Crippen LogP contribution >= 0.6 is 0 Å². The van der Waals surface area contributed by atoms with Gasteiger partial charge in [0, 0.05) is 13.3 Å². The van der Waals surface area contributed by atoms with Gasteiger partial charge in [-0.1, -0.05) is 43.3 Å². The van der Waals surface area contributed by atoms with E-state index >= 15 is 0 Å². The van der Waals surface area contributed by atoms with Crippen molar-refractivity contribution in [2.75, 3.05) is 7.05 Å². The standard InChI is InChI=1S/C16H23N/c1-3-15(14-17-2)10-6-4-7-11-16-12-8-5-9-13-16/h5,8-10,12-14H,3-4,6-7,11H2,1-2H3/b15-10-,17-14?. The average Bonchev–Trinajstić information content (AvgIpc) is 2.38. The van der Waals surface area contributed by atoms with Crippen molar-refractivity contribution in [1.82, 2.24) is 0 Å². The predicted molar refractivity (Wildman–Crippen MR) is 76.8 cm³/mol. The average molecular weight is 229 g/mol. The molecule has 1 aromatic rings. The van der Waals surface area contributed by atoms with E-state index in [-0.39, 0.29) is 0 Å². The zero-order valence-electron chi connectivity index (χ0n) is 11.0. The van der Waals surface area contributed by atoms with Gasteiger partial charge in [-0.2, -0.15) is 0 Å². The molecule has 0 amide bonds. The molecule has 0 atom stereocenters. The summed E-state index contributed by atoms with van der Waals surface area (Å²) in [5.74, 6) is 0. The molecule has 0 aliphatic carbocycles. The molecule has 0 radical (unpaired) electrons. The number of hydrogen-bond donors (Lipinski definition) is 0. The fourth-order valence-electron chi connectivity index (χ4n) is 1.86. The van der Waals surface area contributed by atoms with Crippen LogP contribution in [0.15, 0.2) is 47.0 Å². The molecule has 1 rings (SSSR count). The van der Waals surface area contributed by atoms with Crippen molar-refractivity contribution in [3.8, 4) is 0 Å². The Labute approximate surface area is 105 Å². The Kier molecular flexibility index (Phi) is 7.04. The molecule has 17 heavy (non-hydrogen) atoms. The van der Waals surface area contributed by atoms with Crippen LogP contribution in [-0.4, -0.2) is 13.3 Å². The van der Waals surface area contributed by atoms with Crippen LogP contribution in [0, 0.1) is 0 Å². The highest BCUT2D eigenvalue weighted by Gasteiger charge is 1.92. The zero-order valence-corrected chi connectivity index (χ0v) is 11.0. The summed E-state index contributed by atoms with van der Waals surface area (Å²) in [6, 6.07) is 10.7. The number of benzene rings is 1. The summed E-state index contributed by atoms with van der Waals surface area (Å²) in [4.78, 5) is 4.06. The third-order valence-corrected chi connectivity index (χ3v) is 2.87. The SMILES string of the molecule is CC/C(C=NC)=C/CCCCc1ccccc1. The Hall–Kier alpha value is -1.37.